The summed E-state index contributed by atoms with van der Waals surface area (Å²) in [6.45, 7) is 5.58. The summed E-state index contributed by atoms with van der Waals surface area (Å²) in [7, 11) is 0. The van der Waals surface area contributed by atoms with Gasteiger partial charge in [0.05, 0.1) is 13.2 Å². The number of morpholine rings is 1. The number of nitrogens with zero attached hydrogens (tertiary/aromatic N) is 4. The van der Waals surface area contributed by atoms with Gasteiger partial charge in [0.15, 0.2) is 0 Å². The molecule has 1 heterocycles. The summed E-state index contributed by atoms with van der Waals surface area (Å²) in [6.07, 6.45) is 0.764. The standard InChI is InChI=1S/C10H19N5O2/c1-2-12-10(16)9-8-17-7-6-15(9)5-3-4-13-14-11/h9H,2-8H2,1H3,(H,12,16). The van der Waals surface area contributed by atoms with E-state index in [0.29, 0.717) is 26.3 Å². The molecule has 1 amide bonds. The molecule has 0 aromatic rings. The van der Waals surface area contributed by atoms with E-state index in [-0.39, 0.29) is 11.9 Å². The van der Waals surface area contributed by atoms with Crippen LogP contribution in [-0.4, -0.2) is 56.2 Å². The zero-order chi connectivity index (χ0) is 12.5. The van der Waals surface area contributed by atoms with Gasteiger partial charge in [-0.25, -0.2) is 0 Å². The molecule has 0 aromatic heterocycles. The highest BCUT2D eigenvalue weighted by Gasteiger charge is 2.28. The molecule has 0 aliphatic carbocycles. The highest BCUT2D eigenvalue weighted by molar-refractivity contribution is 5.81. The molecule has 96 valence electrons. The zero-order valence-electron chi connectivity index (χ0n) is 10.1. The lowest BCUT2D eigenvalue weighted by molar-refractivity contribution is -0.132. The number of carbonyl (C=O) groups is 1. The summed E-state index contributed by atoms with van der Waals surface area (Å²) in [6, 6.07) is -0.213. The Morgan fingerprint density at radius 2 is 2.53 bits per heavy atom. The van der Waals surface area contributed by atoms with E-state index < -0.39 is 0 Å². The number of amides is 1. The second-order valence-electron chi connectivity index (χ2n) is 3.83. The average molecular weight is 241 g/mol. The summed E-state index contributed by atoms with van der Waals surface area (Å²) in [5, 5.41) is 6.29. The van der Waals surface area contributed by atoms with Crippen molar-refractivity contribution < 1.29 is 9.53 Å². The van der Waals surface area contributed by atoms with Crippen molar-refractivity contribution in [3.63, 3.8) is 0 Å². The third kappa shape index (κ3) is 4.60. The lowest BCUT2D eigenvalue weighted by Crippen LogP contribution is -2.54. The van der Waals surface area contributed by atoms with E-state index in [2.05, 4.69) is 20.2 Å². The van der Waals surface area contributed by atoms with Crippen LogP contribution in [-0.2, 0) is 9.53 Å². The Hall–Kier alpha value is -1.30. The van der Waals surface area contributed by atoms with Crippen LogP contribution in [0.5, 0.6) is 0 Å². The van der Waals surface area contributed by atoms with Crippen LogP contribution in [0.3, 0.4) is 0 Å². The Kier molecular flexibility index (Phi) is 6.39. The van der Waals surface area contributed by atoms with Crippen LogP contribution in [0.25, 0.3) is 10.4 Å². The summed E-state index contributed by atoms with van der Waals surface area (Å²) >= 11 is 0. The van der Waals surface area contributed by atoms with E-state index in [0.717, 1.165) is 19.5 Å². The van der Waals surface area contributed by atoms with Gasteiger partial charge in [-0.2, -0.15) is 0 Å². The van der Waals surface area contributed by atoms with Crippen LogP contribution in [0.15, 0.2) is 5.11 Å². The molecule has 1 unspecified atom stereocenters. The highest BCUT2D eigenvalue weighted by Crippen LogP contribution is 2.08. The normalized spacial score (nSPS) is 20.6. The van der Waals surface area contributed by atoms with E-state index in [9.17, 15) is 4.79 Å². The van der Waals surface area contributed by atoms with E-state index in [1.165, 1.54) is 0 Å². The number of hydrogen-bond donors (Lipinski definition) is 1. The highest BCUT2D eigenvalue weighted by atomic mass is 16.5. The van der Waals surface area contributed by atoms with Crippen LogP contribution >= 0.6 is 0 Å². The molecule has 1 atom stereocenters. The monoisotopic (exact) mass is 241 g/mol. The quantitative estimate of drug-likeness (QED) is 0.318. The van der Waals surface area contributed by atoms with Crippen molar-refractivity contribution in [1.82, 2.24) is 10.2 Å². The second kappa shape index (κ2) is 7.89. The minimum atomic E-state index is -0.213. The van der Waals surface area contributed by atoms with Crippen molar-refractivity contribution in [2.75, 3.05) is 39.4 Å². The fourth-order valence-corrected chi connectivity index (χ4v) is 1.83. The van der Waals surface area contributed by atoms with Crippen LogP contribution in [0.1, 0.15) is 13.3 Å². The van der Waals surface area contributed by atoms with Gasteiger partial charge in [-0.3, -0.25) is 9.69 Å². The Labute approximate surface area is 101 Å². The SMILES string of the molecule is CCNC(=O)C1COCCN1CCCN=[N+]=[N-]. The number of azide groups is 1. The van der Waals surface area contributed by atoms with Crippen molar-refractivity contribution in [2.45, 2.75) is 19.4 Å². The molecule has 1 aliphatic rings. The lowest BCUT2D eigenvalue weighted by atomic mass is 10.2. The van der Waals surface area contributed by atoms with Crippen LogP contribution in [0.2, 0.25) is 0 Å². The molecule has 1 N–H and O–H groups in total. The Balaban J connectivity index is 2.41. The zero-order valence-corrected chi connectivity index (χ0v) is 10.1. The largest absolute Gasteiger partial charge is 0.378 e. The van der Waals surface area contributed by atoms with Crippen molar-refractivity contribution in [3.05, 3.63) is 10.4 Å². The number of hydrogen-bond acceptors (Lipinski definition) is 4. The molecule has 7 heteroatoms. The van der Waals surface area contributed by atoms with Crippen LogP contribution in [0, 0.1) is 0 Å². The topological polar surface area (TPSA) is 90.3 Å². The Morgan fingerprint density at radius 1 is 1.71 bits per heavy atom. The van der Waals surface area contributed by atoms with Crippen LogP contribution < -0.4 is 5.32 Å². The predicted molar refractivity (Wildman–Crippen MR) is 63.5 cm³/mol. The first kappa shape index (κ1) is 13.8. The van der Waals surface area contributed by atoms with Gasteiger partial charge in [0.1, 0.15) is 6.04 Å². The van der Waals surface area contributed by atoms with Gasteiger partial charge in [-0.15, -0.1) is 0 Å². The third-order valence-corrected chi connectivity index (χ3v) is 2.66. The molecule has 1 rings (SSSR count). The van der Waals surface area contributed by atoms with Gasteiger partial charge in [0.25, 0.3) is 0 Å². The summed E-state index contributed by atoms with van der Waals surface area (Å²) in [4.78, 5) is 16.6. The maximum absolute atomic E-state index is 11.8. The Morgan fingerprint density at radius 3 is 3.24 bits per heavy atom. The molecule has 1 saturated heterocycles. The number of carbonyl (C=O) groups excluding carboxylic acids is 1. The fraction of sp³-hybridized carbons (Fsp3) is 0.900. The van der Waals surface area contributed by atoms with Gasteiger partial charge in [-0.1, -0.05) is 5.11 Å². The number of nitrogens with one attached hydrogen (secondary N) is 1. The maximum Gasteiger partial charge on any atom is 0.239 e. The summed E-state index contributed by atoms with van der Waals surface area (Å²) in [5.41, 5.74) is 8.17. The van der Waals surface area contributed by atoms with Gasteiger partial charge >= 0.3 is 0 Å². The van der Waals surface area contributed by atoms with Gasteiger partial charge < -0.3 is 10.1 Å². The lowest BCUT2D eigenvalue weighted by Gasteiger charge is -2.34. The minimum absolute atomic E-state index is 0.0102. The first-order valence-electron chi connectivity index (χ1n) is 5.90. The van der Waals surface area contributed by atoms with Crippen molar-refractivity contribution in [2.24, 2.45) is 5.11 Å². The Bertz CT molecular complexity index is 290. The predicted octanol–water partition coefficient (Wildman–Crippen LogP) is 0.524. The van der Waals surface area contributed by atoms with Crippen molar-refractivity contribution >= 4 is 5.91 Å². The van der Waals surface area contributed by atoms with Crippen molar-refractivity contribution in [3.8, 4) is 0 Å². The van der Waals surface area contributed by atoms with Crippen LogP contribution in [0.4, 0.5) is 0 Å². The number of rotatable bonds is 6. The van der Waals surface area contributed by atoms with Gasteiger partial charge in [-0.05, 0) is 25.4 Å². The molecule has 0 radical (unpaired) electrons. The maximum atomic E-state index is 11.8. The molecule has 0 saturated carbocycles. The number of ether oxygens (including phenoxy) is 1. The second-order valence-corrected chi connectivity index (χ2v) is 3.83. The molecule has 7 nitrogen and oxygen atoms in total. The summed E-state index contributed by atoms with van der Waals surface area (Å²) in [5.74, 6) is 0.0102. The molecular weight excluding hydrogens is 222 g/mol. The van der Waals surface area contributed by atoms with E-state index in [4.69, 9.17) is 10.3 Å². The van der Waals surface area contributed by atoms with Gasteiger partial charge in [0.2, 0.25) is 5.91 Å². The van der Waals surface area contributed by atoms with E-state index in [1.807, 2.05) is 6.92 Å². The molecule has 0 spiro atoms. The molecule has 1 aliphatic heterocycles. The molecule has 0 bridgehead atoms. The smallest absolute Gasteiger partial charge is 0.239 e. The third-order valence-electron chi connectivity index (χ3n) is 2.66. The molecule has 17 heavy (non-hydrogen) atoms. The number of likely N-dealkylation sites (N-methyl/N-ethyl adjacent to an activating group) is 1. The summed E-state index contributed by atoms with van der Waals surface area (Å²) < 4.78 is 5.32. The first-order valence-corrected chi connectivity index (χ1v) is 5.90. The average Bonchev–Trinajstić information content (AvgIpc) is 2.35. The molecular formula is C10H19N5O2. The van der Waals surface area contributed by atoms with E-state index >= 15 is 0 Å². The minimum Gasteiger partial charge on any atom is -0.378 e. The fourth-order valence-electron chi connectivity index (χ4n) is 1.83. The van der Waals surface area contributed by atoms with Gasteiger partial charge in [0, 0.05) is 24.5 Å². The molecule has 1 fully saturated rings. The molecule has 0 aromatic carbocycles. The van der Waals surface area contributed by atoms with E-state index in [1.54, 1.807) is 0 Å². The van der Waals surface area contributed by atoms with Crippen molar-refractivity contribution in [1.29, 1.82) is 0 Å². The first-order chi connectivity index (χ1) is 8.29.